The number of rotatable bonds is 6. The molecule has 1 aromatic carbocycles. The molecule has 5 heteroatoms. The summed E-state index contributed by atoms with van der Waals surface area (Å²) in [7, 11) is 0. The Morgan fingerprint density at radius 1 is 1.22 bits per heavy atom. The molecule has 1 heterocycles. The second-order valence-corrected chi connectivity index (χ2v) is 6.52. The topological polar surface area (TPSA) is 60.9 Å². The summed E-state index contributed by atoms with van der Waals surface area (Å²) in [4.78, 5) is 27.7. The highest BCUT2D eigenvalue weighted by molar-refractivity contribution is 5.88. The summed E-state index contributed by atoms with van der Waals surface area (Å²) >= 11 is 0. The minimum Gasteiger partial charge on any atom is -0.383 e. The van der Waals surface area contributed by atoms with E-state index < -0.39 is 6.10 Å². The summed E-state index contributed by atoms with van der Waals surface area (Å²) in [6, 6.07) is 10.0. The third kappa shape index (κ3) is 5.06. The molecular weight excluding hydrogens is 292 g/mol. The minimum absolute atomic E-state index is 0.0442. The summed E-state index contributed by atoms with van der Waals surface area (Å²) in [6.45, 7) is 5.69. The molecule has 0 aliphatic carbocycles. The van der Waals surface area contributed by atoms with Crippen LogP contribution in [0.5, 0.6) is 0 Å². The van der Waals surface area contributed by atoms with Gasteiger partial charge in [-0.15, -0.1) is 0 Å². The molecule has 0 saturated carbocycles. The van der Waals surface area contributed by atoms with Gasteiger partial charge in [0, 0.05) is 19.6 Å². The highest BCUT2D eigenvalue weighted by Gasteiger charge is 2.30. The number of aliphatic hydroxyl groups is 1. The molecule has 1 atom stereocenters. The van der Waals surface area contributed by atoms with Crippen molar-refractivity contribution >= 4 is 11.8 Å². The predicted octanol–water partition coefficient (Wildman–Crippen LogP) is 1.31. The number of piperazine rings is 1. The molecule has 1 aromatic rings. The Hall–Kier alpha value is -1.88. The maximum absolute atomic E-state index is 12.2. The Kier molecular flexibility index (Phi) is 6.16. The van der Waals surface area contributed by atoms with Crippen LogP contribution in [-0.4, -0.2) is 59.0 Å². The van der Waals surface area contributed by atoms with Crippen LogP contribution in [0, 0.1) is 5.92 Å². The monoisotopic (exact) mass is 318 g/mol. The lowest BCUT2D eigenvalue weighted by Gasteiger charge is -2.35. The Morgan fingerprint density at radius 3 is 2.52 bits per heavy atom. The summed E-state index contributed by atoms with van der Waals surface area (Å²) in [6.07, 6.45) is 0.247. The summed E-state index contributed by atoms with van der Waals surface area (Å²) in [5.74, 6) is -0.121. The van der Waals surface area contributed by atoms with E-state index >= 15 is 0 Å². The molecule has 0 spiro atoms. The van der Waals surface area contributed by atoms with E-state index in [9.17, 15) is 14.7 Å². The van der Waals surface area contributed by atoms with Crippen LogP contribution >= 0.6 is 0 Å². The molecule has 5 nitrogen and oxygen atoms in total. The Labute approximate surface area is 137 Å². The van der Waals surface area contributed by atoms with Gasteiger partial charge in [-0.05, 0) is 24.3 Å². The third-order valence-electron chi connectivity index (χ3n) is 4.12. The van der Waals surface area contributed by atoms with Crippen LogP contribution in [0.1, 0.15) is 25.8 Å². The van der Waals surface area contributed by atoms with Crippen LogP contribution in [0.3, 0.4) is 0 Å². The normalized spacial score (nSPS) is 16.8. The smallest absolute Gasteiger partial charge is 0.251 e. The number of amides is 2. The van der Waals surface area contributed by atoms with Gasteiger partial charge < -0.3 is 14.9 Å². The van der Waals surface area contributed by atoms with Crippen LogP contribution in [0.2, 0.25) is 0 Å². The average molecular weight is 318 g/mol. The molecule has 1 fully saturated rings. The van der Waals surface area contributed by atoms with Gasteiger partial charge in [0.15, 0.2) is 0 Å². The number of nitrogens with zero attached hydrogens (tertiary/aromatic N) is 2. The van der Waals surface area contributed by atoms with Gasteiger partial charge in [0.1, 0.15) is 6.10 Å². The Morgan fingerprint density at radius 2 is 1.91 bits per heavy atom. The van der Waals surface area contributed by atoms with Crippen LogP contribution < -0.4 is 0 Å². The average Bonchev–Trinajstić information content (AvgIpc) is 2.53. The second kappa shape index (κ2) is 8.11. The van der Waals surface area contributed by atoms with E-state index in [2.05, 4.69) is 0 Å². The fraction of sp³-hybridized carbons (Fsp3) is 0.556. The van der Waals surface area contributed by atoms with Crippen molar-refractivity contribution in [1.29, 1.82) is 0 Å². The number of carbonyl (C=O) groups is 2. The summed E-state index contributed by atoms with van der Waals surface area (Å²) in [5, 5.41) is 9.93. The largest absolute Gasteiger partial charge is 0.383 e. The molecule has 23 heavy (non-hydrogen) atoms. The second-order valence-electron chi connectivity index (χ2n) is 6.52. The van der Waals surface area contributed by atoms with Gasteiger partial charge in [0.2, 0.25) is 5.91 Å². The third-order valence-corrected chi connectivity index (χ3v) is 4.12. The zero-order valence-electron chi connectivity index (χ0n) is 13.9. The van der Waals surface area contributed by atoms with Gasteiger partial charge in [-0.3, -0.25) is 9.59 Å². The van der Waals surface area contributed by atoms with E-state index in [0.29, 0.717) is 26.1 Å². The molecule has 0 radical (unpaired) electrons. The quantitative estimate of drug-likeness (QED) is 0.860. The zero-order valence-corrected chi connectivity index (χ0v) is 13.9. The van der Waals surface area contributed by atoms with Crippen molar-refractivity contribution in [3.8, 4) is 0 Å². The van der Waals surface area contributed by atoms with Gasteiger partial charge in [-0.2, -0.15) is 0 Å². The van der Waals surface area contributed by atoms with Crippen molar-refractivity contribution < 1.29 is 14.7 Å². The van der Waals surface area contributed by atoms with Crippen molar-refractivity contribution in [3.05, 3.63) is 35.9 Å². The maximum atomic E-state index is 12.2. The van der Waals surface area contributed by atoms with Crippen LogP contribution in [0.4, 0.5) is 0 Å². The van der Waals surface area contributed by atoms with Crippen LogP contribution in [0.25, 0.3) is 0 Å². The molecule has 1 saturated heterocycles. The molecule has 0 unspecified atom stereocenters. The van der Waals surface area contributed by atoms with E-state index in [-0.39, 0.29) is 24.3 Å². The molecule has 126 valence electrons. The van der Waals surface area contributed by atoms with Gasteiger partial charge in [0.05, 0.1) is 6.54 Å². The molecular formula is C18H26N2O3. The molecule has 1 aliphatic heterocycles. The van der Waals surface area contributed by atoms with E-state index in [1.807, 2.05) is 44.2 Å². The lowest BCUT2D eigenvalue weighted by molar-refractivity contribution is -0.150. The fourth-order valence-electron chi connectivity index (χ4n) is 2.80. The Balaban J connectivity index is 1.82. The first-order valence-electron chi connectivity index (χ1n) is 8.26. The lowest BCUT2D eigenvalue weighted by Crippen LogP contribution is -2.54. The van der Waals surface area contributed by atoms with Crippen molar-refractivity contribution in [3.63, 3.8) is 0 Å². The van der Waals surface area contributed by atoms with Crippen molar-refractivity contribution in [2.45, 2.75) is 32.8 Å². The van der Waals surface area contributed by atoms with E-state index in [0.717, 1.165) is 6.42 Å². The first kappa shape index (κ1) is 17.5. The highest BCUT2D eigenvalue weighted by atomic mass is 16.3. The highest BCUT2D eigenvalue weighted by Crippen LogP contribution is 2.11. The van der Waals surface area contributed by atoms with Crippen molar-refractivity contribution in [2.75, 3.05) is 26.2 Å². The van der Waals surface area contributed by atoms with Gasteiger partial charge in [-0.25, -0.2) is 0 Å². The van der Waals surface area contributed by atoms with Gasteiger partial charge in [-0.1, -0.05) is 44.2 Å². The first-order chi connectivity index (χ1) is 11.0. The number of hydrogen-bond acceptors (Lipinski definition) is 3. The van der Waals surface area contributed by atoms with Crippen molar-refractivity contribution in [2.24, 2.45) is 5.92 Å². The van der Waals surface area contributed by atoms with E-state index in [4.69, 9.17) is 0 Å². The van der Waals surface area contributed by atoms with E-state index in [1.165, 1.54) is 10.5 Å². The molecule has 0 aromatic heterocycles. The molecule has 2 rings (SSSR count). The van der Waals surface area contributed by atoms with E-state index in [1.54, 1.807) is 4.90 Å². The number of aliphatic hydroxyl groups excluding tert-OH is 1. The Bertz CT molecular complexity index is 530. The fourth-order valence-corrected chi connectivity index (χ4v) is 2.80. The minimum atomic E-state index is -1.00. The predicted molar refractivity (Wildman–Crippen MR) is 88.8 cm³/mol. The standard InChI is InChI=1S/C18H26N2O3/c1-14(2)12-16(21)18(23)20-11-10-19(17(22)13-20)9-8-15-6-4-3-5-7-15/h3-7,14,16,21H,8-13H2,1-2H3/t16-/m1/s1. The molecule has 0 bridgehead atoms. The molecule has 1 N–H and O–H groups in total. The van der Waals surface area contributed by atoms with Crippen LogP contribution in [-0.2, 0) is 16.0 Å². The SMILES string of the molecule is CC(C)C[C@@H](O)C(=O)N1CCN(CCc2ccccc2)C(=O)C1. The molecule has 2 amide bonds. The number of carbonyl (C=O) groups excluding carboxylic acids is 2. The van der Waals surface area contributed by atoms with Crippen molar-refractivity contribution in [1.82, 2.24) is 9.80 Å². The summed E-state index contributed by atoms with van der Waals surface area (Å²) < 4.78 is 0. The number of benzene rings is 1. The maximum Gasteiger partial charge on any atom is 0.251 e. The summed E-state index contributed by atoms with van der Waals surface area (Å²) in [5.41, 5.74) is 1.20. The zero-order chi connectivity index (χ0) is 16.8. The molecule has 1 aliphatic rings. The lowest BCUT2D eigenvalue weighted by atomic mass is 10.0. The van der Waals surface area contributed by atoms with Gasteiger partial charge >= 0.3 is 0 Å². The number of hydrogen-bond donors (Lipinski definition) is 1. The van der Waals surface area contributed by atoms with Gasteiger partial charge in [0.25, 0.3) is 5.91 Å². The van der Waals surface area contributed by atoms with Crippen LogP contribution in [0.15, 0.2) is 30.3 Å². The first-order valence-corrected chi connectivity index (χ1v) is 8.26.